The van der Waals surface area contributed by atoms with E-state index in [0.717, 1.165) is 5.56 Å². The zero-order chi connectivity index (χ0) is 18.4. The minimum absolute atomic E-state index is 0.0774. The summed E-state index contributed by atoms with van der Waals surface area (Å²) in [6.07, 6.45) is 0. The van der Waals surface area contributed by atoms with E-state index in [1.165, 1.54) is 4.88 Å². The molecule has 0 fully saturated rings. The van der Waals surface area contributed by atoms with Crippen LogP contribution in [0.25, 0.3) is 0 Å². The highest BCUT2D eigenvalue weighted by atomic mass is 35.5. The van der Waals surface area contributed by atoms with E-state index in [-0.39, 0.29) is 30.9 Å². The van der Waals surface area contributed by atoms with Crippen LogP contribution in [0.15, 0.2) is 35.7 Å². The summed E-state index contributed by atoms with van der Waals surface area (Å²) < 4.78 is 0. The molecule has 25 heavy (non-hydrogen) atoms. The van der Waals surface area contributed by atoms with E-state index in [2.05, 4.69) is 10.6 Å². The molecule has 2 N–H and O–H groups in total. The first kappa shape index (κ1) is 19.4. The van der Waals surface area contributed by atoms with Gasteiger partial charge in [0.05, 0.1) is 13.1 Å². The van der Waals surface area contributed by atoms with Crippen LogP contribution in [-0.2, 0) is 9.59 Å². The average Bonchev–Trinajstić information content (AvgIpc) is 3.11. The number of halogens is 1. The average molecular weight is 380 g/mol. The number of benzene rings is 1. The van der Waals surface area contributed by atoms with Gasteiger partial charge < -0.3 is 10.6 Å². The number of rotatable bonds is 7. The zero-order valence-electron chi connectivity index (χ0n) is 14.5. The van der Waals surface area contributed by atoms with Crippen molar-refractivity contribution < 1.29 is 9.59 Å². The zero-order valence-corrected chi connectivity index (χ0v) is 16.1. The maximum absolute atomic E-state index is 12.1. The summed E-state index contributed by atoms with van der Waals surface area (Å²) in [5, 5.41) is 8.01. The fourth-order valence-electron chi connectivity index (χ4n) is 2.28. The lowest BCUT2D eigenvalue weighted by atomic mass is 10.2. The van der Waals surface area contributed by atoms with Gasteiger partial charge in [-0.1, -0.05) is 23.7 Å². The van der Waals surface area contributed by atoms with Crippen molar-refractivity contribution in [3.05, 3.63) is 51.2 Å². The lowest BCUT2D eigenvalue weighted by Crippen LogP contribution is -2.39. The lowest BCUT2D eigenvalue weighted by molar-refractivity contribution is -0.125. The highest BCUT2D eigenvalue weighted by Gasteiger charge is 2.16. The molecule has 0 spiro atoms. The van der Waals surface area contributed by atoms with Gasteiger partial charge in [0.2, 0.25) is 11.8 Å². The standard InChI is InChI=1S/C18H22ClN3O2S/c1-12-14(19)6-4-7-15(12)21-17(23)10-20-18(24)11-22(3)13(2)16-8-5-9-25-16/h4-9,13H,10-11H2,1-3H3,(H,20,24)(H,21,23). The Morgan fingerprint density at radius 2 is 2.00 bits per heavy atom. The van der Waals surface area contributed by atoms with E-state index >= 15 is 0 Å². The van der Waals surface area contributed by atoms with Gasteiger partial charge in [-0.05, 0) is 50.0 Å². The fraction of sp³-hybridized carbons (Fsp3) is 0.333. The lowest BCUT2D eigenvalue weighted by Gasteiger charge is -2.23. The maximum atomic E-state index is 12.1. The van der Waals surface area contributed by atoms with Gasteiger partial charge in [0.15, 0.2) is 0 Å². The quantitative estimate of drug-likeness (QED) is 0.774. The number of hydrogen-bond acceptors (Lipinski definition) is 4. The Morgan fingerprint density at radius 1 is 1.24 bits per heavy atom. The molecule has 134 valence electrons. The molecular weight excluding hydrogens is 358 g/mol. The summed E-state index contributed by atoms with van der Waals surface area (Å²) in [5.74, 6) is -0.475. The van der Waals surface area contributed by atoms with Crippen LogP contribution in [0.1, 0.15) is 23.4 Å². The third-order valence-corrected chi connectivity index (χ3v) is 5.45. The van der Waals surface area contributed by atoms with Gasteiger partial charge in [-0.15, -0.1) is 11.3 Å². The highest BCUT2D eigenvalue weighted by Crippen LogP contribution is 2.23. The van der Waals surface area contributed by atoms with Crippen LogP contribution in [0.3, 0.4) is 0 Å². The molecule has 2 aromatic rings. The molecule has 0 aliphatic carbocycles. The monoisotopic (exact) mass is 379 g/mol. The van der Waals surface area contributed by atoms with Crippen LogP contribution in [0, 0.1) is 6.92 Å². The first-order valence-electron chi connectivity index (χ1n) is 7.93. The number of carbonyl (C=O) groups excluding carboxylic acids is 2. The predicted molar refractivity (Wildman–Crippen MR) is 103 cm³/mol. The number of thiophene rings is 1. The van der Waals surface area contributed by atoms with Gasteiger partial charge >= 0.3 is 0 Å². The third kappa shape index (κ3) is 5.56. The minimum Gasteiger partial charge on any atom is -0.346 e. The Kier molecular flexibility index (Phi) is 6.99. The van der Waals surface area contributed by atoms with Gasteiger partial charge in [-0.3, -0.25) is 14.5 Å². The van der Waals surface area contributed by atoms with E-state index in [1.54, 1.807) is 29.5 Å². The molecule has 0 aliphatic rings. The molecule has 5 nitrogen and oxygen atoms in total. The van der Waals surface area contributed by atoms with Gasteiger partial charge in [0, 0.05) is 21.6 Å². The van der Waals surface area contributed by atoms with E-state index in [4.69, 9.17) is 11.6 Å². The second kappa shape index (κ2) is 8.99. The fourth-order valence-corrected chi connectivity index (χ4v) is 3.30. The van der Waals surface area contributed by atoms with Crippen LogP contribution in [0.5, 0.6) is 0 Å². The number of nitrogens with zero attached hydrogens (tertiary/aromatic N) is 1. The molecule has 1 aromatic carbocycles. The Morgan fingerprint density at radius 3 is 2.68 bits per heavy atom. The second-order valence-corrected chi connectivity index (χ2v) is 7.23. The Balaban J connectivity index is 1.79. The number of amides is 2. The molecule has 2 amide bonds. The Hall–Kier alpha value is -1.89. The van der Waals surface area contributed by atoms with Crippen molar-refractivity contribution in [2.45, 2.75) is 19.9 Å². The molecular formula is C18H22ClN3O2S. The second-order valence-electron chi connectivity index (χ2n) is 5.84. The largest absolute Gasteiger partial charge is 0.346 e. The highest BCUT2D eigenvalue weighted by molar-refractivity contribution is 7.10. The molecule has 7 heteroatoms. The van der Waals surface area contributed by atoms with Crippen molar-refractivity contribution in [2.75, 3.05) is 25.5 Å². The molecule has 0 bridgehead atoms. The minimum atomic E-state index is -0.285. The van der Waals surface area contributed by atoms with Gasteiger partial charge in [0.25, 0.3) is 0 Å². The molecule has 0 saturated heterocycles. The normalized spacial score (nSPS) is 12.0. The summed E-state index contributed by atoms with van der Waals surface area (Å²) in [6, 6.07) is 9.49. The predicted octanol–water partition coefficient (Wildman–Crippen LogP) is 3.46. The Bertz CT molecular complexity index is 734. The van der Waals surface area contributed by atoms with E-state index in [1.807, 2.05) is 43.3 Å². The summed E-state index contributed by atoms with van der Waals surface area (Å²) in [6.45, 7) is 4.03. The SMILES string of the molecule is Cc1c(Cl)cccc1NC(=O)CNC(=O)CN(C)C(C)c1cccs1. The van der Waals surface area contributed by atoms with Crippen molar-refractivity contribution in [3.63, 3.8) is 0 Å². The first-order valence-corrected chi connectivity index (χ1v) is 9.19. The number of carbonyl (C=O) groups is 2. The molecule has 0 radical (unpaired) electrons. The van der Waals surface area contributed by atoms with E-state index in [0.29, 0.717) is 10.7 Å². The van der Waals surface area contributed by atoms with Crippen LogP contribution in [-0.4, -0.2) is 36.9 Å². The maximum Gasteiger partial charge on any atom is 0.243 e. The molecule has 0 aliphatic heterocycles. The van der Waals surface area contributed by atoms with Crippen molar-refractivity contribution in [3.8, 4) is 0 Å². The van der Waals surface area contributed by atoms with Gasteiger partial charge in [0.1, 0.15) is 0 Å². The van der Waals surface area contributed by atoms with E-state index in [9.17, 15) is 9.59 Å². The third-order valence-electron chi connectivity index (χ3n) is 4.00. The molecule has 0 saturated carbocycles. The van der Waals surface area contributed by atoms with Crippen LogP contribution in [0.4, 0.5) is 5.69 Å². The Labute approximate surface area is 157 Å². The molecule has 1 atom stereocenters. The van der Waals surface area contributed by atoms with Crippen LogP contribution < -0.4 is 10.6 Å². The molecule has 1 aromatic heterocycles. The van der Waals surface area contributed by atoms with Crippen molar-refractivity contribution in [1.82, 2.24) is 10.2 Å². The van der Waals surface area contributed by atoms with Crippen molar-refractivity contribution >= 4 is 40.4 Å². The van der Waals surface area contributed by atoms with Crippen LogP contribution in [0.2, 0.25) is 5.02 Å². The van der Waals surface area contributed by atoms with Crippen molar-refractivity contribution in [2.24, 2.45) is 0 Å². The smallest absolute Gasteiger partial charge is 0.243 e. The summed E-state index contributed by atoms with van der Waals surface area (Å²) in [4.78, 5) is 27.2. The van der Waals surface area contributed by atoms with Crippen LogP contribution >= 0.6 is 22.9 Å². The topological polar surface area (TPSA) is 61.4 Å². The van der Waals surface area contributed by atoms with Gasteiger partial charge in [-0.2, -0.15) is 0 Å². The summed E-state index contributed by atoms with van der Waals surface area (Å²) in [7, 11) is 1.89. The van der Waals surface area contributed by atoms with E-state index < -0.39 is 0 Å². The number of anilines is 1. The number of nitrogens with one attached hydrogen (secondary N) is 2. The molecule has 2 rings (SSSR count). The molecule has 1 unspecified atom stereocenters. The number of likely N-dealkylation sites (N-methyl/N-ethyl adjacent to an activating group) is 1. The van der Waals surface area contributed by atoms with Gasteiger partial charge in [-0.25, -0.2) is 0 Å². The summed E-state index contributed by atoms with van der Waals surface area (Å²) in [5.41, 5.74) is 1.45. The molecule has 1 heterocycles. The van der Waals surface area contributed by atoms with Crippen molar-refractivity contribution in [1.29, 1.82) is 0 Å². The number of hydrogen-bond donors (Lipinski definition) is 2. The first-order chi connectivity index (χ1) is 11.9. The summed E-state index contributed by atoms with van der Waals surface area (Å²) >= 11 is 7.69.